The van der Waals surface area contributed by atoms with Crippen LogP contribution >= 0.6 is 11.6 Å². The van der Waals surface area contributed by atoms with E-state index in [-0.39, 0.29) is 12.1 Å². The Morgan fingerprint density at radius 3 is 2.52 bits per heavy atom. The Bertz CT molecular complexity index is 1090. The van der Waals surface area contributed by atoms with E-state index in [4.69, 9.17) is 11.6 Å². The SMILES string of the molecule is CC(C#N)(Cn1ccc2cc(Cl)ccc21)NC(=O)c1ccc(OC(F)(F)F)cc1. The van der Waals surface area contributed by atoms with Crippen molar-refractivity contribution >= 4 is 28.4 Å². The lowest BCUT2D eigenvalue weighted by Gasteiger charge is -2.24. The van der Waals surface area contributed by atoms with Crippen LogP contribution in [0.3, 0.4) is 0 Å². The van der Waals surface area contributed by atoms with Gasteiger partial charge in [-0.25, -0.2) is 0 Å². The van der Waals surface area contributed by atoms with E-state index in [1.54, 1.807) is 25.3 Å². The highest BCUT2D eigenvalue weighted by Gasteiger charge is 2.31. The summed E-state index contributed by atoms with van der Waals surface area (Å²) in [6, 6.07) is 13.7. The predicted molar refractivity (Wildman–Crippen MR) is 102 cm³/mol. The van der Waals surface area contributed by atoms with E-state index >= 15 is 0 Å². The first-order chi connectivity index (χ1) is 13.6. The predicted octanol–water partition coefficient (Wildman–Crippen LogP) is 4.91. The number of alkyl halides is 3. The lowest BCUT2D eigenvalue weighted by molar-refractivity contribution is -0.274. The smallest absolute Gasteiger partial charge is 0.406 e. The van der Waals surface area contributed by atoms with Crippen LogP contribution in [0.2, 0.25) is 5.02 Å². The third-order valence-corrected chi connectivity index (χ3v) is 4.44. The van der Waals surface area contributed by atoms with Crippen LogP contribution in [0.25, 0.3) is 10.9 Å². The van der Waals surface area contributed by atoms with E-state index < -0.39 is 23.6 Å². The van der Waals surface area contributed by atoms with Crippen molar-refractivity contribution in [3.8, 4) is 11.8 Å². The number of carbonyl (C=O) groups excluding carboxylic acids is 1. The summed E-state index contributed by atoms with van der Waals surface area (Å²) >= 11 is 5.98. The molecule has 9 heteroatoms. The molecule has 1 heterocycles. The molecule has 1 aromatic heterocycles. The van der Waals surface area contributed by atoms with E-state index in [9.17, 15) is 23.2 Å². The highest BCUT2D eigenvalue weighted by atomic mass is 35.5. The number of fused-ring (bicyclic) bond motifs is 1. The Labute approximate surface area is 169 Å². The lowest BCUT2D eigenvalue weighted by atomic mass is 10.0. The fraction of sp³-hybridized carbons (Fsp3) is 0.200. The maximum Gasteiger partial charge on any atom is 0.573 e. The summed E-state index contributed by atoms with van der Waals surface area (Å²) in [6.07, 6.45) is -3.03. The number of hydrogen-bond donors (Lipinski definition) is 1. The second-order valence-electron chi connectivity index (χ2n) is 6.62. The van der Waals surface area contributed by atoms with E-state index in [1.807, 2.05) is 16.7 Å². The summed E-state index contributed by atoms with van der Waals surface area (Å²) in [5, 5.41) is 13.7. The number of hydrogen-bond acceptors (Lipinski definition) is 3. The number of nitrogens with one attached hydrogen (secondary N) is 1. The molecule has 1 atom stereocenters. The van der Waals surface area contributed by atoms with Gasteiger partial charge in [-0.3, -0.25) is 4.79 Å². The quantitative estimate of drug-likeness (QED) is 0.636. The van der Waals surface area contributed by atoms with E-state index in [0.29, 0.717) is 5.02 Å². The van der Waals surface area contributed by atoms with Crippen molar-refractivity contribution in [1.82, 2.24) is 9.88 Å². The number of nitriles is 1. The third kappa shape index (κ3) is 5.00. The molecule has 5 nitrogen and oxygen atoms in total. The number of rotatable bonds is 5. The number of benzene rings is 2. The molecule has 150 valence electrons. The lowest BCUT2D eigenvalue weighted by Crippen LogP contribution is -2.47. The fourth-order valence-corrected chi connectivity index (χ4v) is 3.06. The van der Waals surface area contributed by atoms with Crippen molar-refractivity contribution < 1.29 is 22.7 Å². The van der Waals surface area contributed by atoms with Gasteiger partial charge in [0.1, 0.15) is 11.3 Å². The van der Waals surface area contributed by atoms with Gasteiger partial charge in [-0.2, -0.15) is 5.26 Å². The largest absolute Gasteiger partial charge is 0.573 e. The molecule has 3 aromatic rings. The molecule has 0 spiro atoms. The molecule has 0 saturated heterocycles. The minimum Gasteiger partial charge on any atom is -0.406 e. The summed E-state index contributed by atoms with van der Waals surface area (Å²) in [7, 11) is 0. The van der Waals surface area contributed by atoms with Gasteiger partial charge in [0.05, 0.1) is 12.6 Å². The Morgan fingerprint density at radius 2 is 1.90 bits per heavy atom. The fourth-order valence-electron chi connectivity index (χ4n) is 2.88. The molecule has 1 amide bonds. The third-order valence-electron chi connectivity index (χ3n) is 4.21. The Morgan fingerprint density at radius 1 is 1.21 bits per heavy atom. The molecule has 0 saturated carbocycles. The van der Waals surface area contributed by atoms with E-state index in [2.05, 4.69) is 16.1 Å². The maximum absolute atomic E-state index is 12.5. The number of nitrogens with zero attached hydrogens (tertiary/aromatic N) is 2. The highest BCUT2D eigenvalue weighted by molar-refractivity contribution is 6.31. The van der Waals surface area contributed by atoms with Crippen LogP contribution in [0.15, 0.2) is 54.7 Å². The molecule has 0 aliphatic heterocycles. The van der Waals surface area contributed by atoms with Gasteiger partial charge in [0.15, 0.2) is 0 Å². The maximum atomic E-state index is 12.5. The Kier molecular flexibility index (Phi) is 5.44. The second-order valence-corrected chi connectivity index (χ2v) is 7.05. The highest BCUT2D eigenvalue weighted by Crippen LogP contribution is 2.24. The average Bonchev–Trinajstić information content (AvgIpc) is 3.02. The molecule has 0 radical (unpaired) electrons. The zero-order valence-electron chi connectivity index (χ0n) is 15.1. The summed E-state index contributed by atoms with van der Waals surface area (Å²) in [4.78, 5) is 12.5. The summed E-state index contributed by atoms with van der Waals surface area (Å²) < 4.78 is 42.3. The van der Waals surface area contributed by atoms with Crippen LogP contribution in [-0.2, 0) is 6.54 Å². The van der Waals surface area contributed by atoms with Crippen molar-refractivity contribution in [2.75, 3.05) is 0 Å². The first kappa shape index (κ1) is 20.6. The number of ether oxygens (including phenoxy) is 1. The molecule has 29 heavy (non-hydrogen) atoms. The van der Waals surface area contributed by atoms with Crippen LogP contribution in [0, 0.1) is 11.3 Å². The first-order valence-corrected chi connectivity index (χ1v) is 8.80. The molecular formula is C20H15ClF3N3O2. The number of halogens is 4. The van der Waals surface area contributed by atoms with Gasteiger partial charge >= 0.3 is 6.36 Å². The Balaban J connectivity index is 1.75. The standard InChI is InChI=1S/C20H15ClF3N3O2/c1-19(11-25,12-27-9-8-14-10-15(21)4-7-17(14)27)26-18(28)13-2-5-16(6-3-13)29-20(22,23)24/h2-10H,12H2,1H3,(H,26,28). The molecular weight excluding hydrogens is 407 g/mol. The molecule has 1 N–H and O–H groups in total. The molecule has 0 fully saturated rings. The number of carbonyl (C=O) groups is 1. The monoisotopic (exact) mass is 421 g/mol. The van der Waals surface area contributed by atoms with E-state index in [0.717, 1.165) is 23.0 Å². The van der Waals surface area contributed by atoms with Gasteiger partial charge in [0.25, 0.3) is 5.91 Å². The molecule has 0 aliphatic rings. The van der Waals surface area contributed by atoms with Crippen molar-refractivity contribution in [1.29, 1.82) is 5.26 Å². The summed E-state index contributed by atoms with van der Waals surface area (Å²) in [6.45, 7) is 1.73. The van der Waals surface area contributed by atoms with Crippen molar-refractivity contribution in [2.45, 2.75) is 25.4 Å². The van der Waals surface area contributed by atoms with Gasteiger partial charge < -0.3 is 14.6 Å². The van der Waals surface area contributed by atoms with Crippen LogP contribution in [0.5, 0.6) is 5.75 Å². The van der Waals surface area contributed by atoms with Crippen molar-refractivity contribution in [3.63, 3.8) is 0 Å². The normalized spacial score (nSPS) is 13.5. The molecule has 1 unspecified atom stereocenters. The van der Waals surface area contributed by atoms with Crippen LogP contribution in [0.1, 0.15) is 17.3 Å². The minimum atomic E-state index is -4.81. The van der Waals surface area contributed by atoms with Gasteiger partial charge in [-0.15, -0.1) is 13.2 Å². The van der Waals surface area contributed by atoms with Gasteiger partial charge in [-0.1, -0.05) is 11.6 Å². The second kappa shape index (κ2) is 7.68. The average molecular weight is 422 g/mol. The topological polar surface area (TPSA) is 67.0 Å². The van der Waals surface area contributed by atoms with Gasteiger partial charge in [0.2, 0.25) is 0 Å². The number of amides is 1. The molecule has 0 bridgehead atoms. The van der Waals surface area contributed by atoms with Crippen LogP contribution in [0.4, 0.5) is 13.2 Å². The molecule has 2 aromatic carbocycles. The molecule has 3 rings (SSSR count). The van der Waals surface area contributed by atoms with Crippen molar-refractivity contribution in [3.05, 3.63) is 65.3 Å². The molecule has 0 aliphatic carbocycles. The first-order valence-electron chi connectivity index (χ1n) is 8.42. The van der Waals surface area contributed by atoms with Crippen LogP contribution in [-0.4, -0.2) is 22.4 Å². The zero-order chi connectivity index (χ0) is 21.2. The minimum absolute atomic E-state index is 0.102. The number of aromatic nitrogens is 1. The van der Waals surface area contributed by atoms with Gasteiger partial charge in [0, 0.05) is 27.7 Å². The zero-order valence-corrected chi connectivity index (χ0v) is 15.9. The summed E-state index contributed by atoms with van der Waals surface area (Å²) in [5.74, 6) is -1.03. The van der Waals surface area contributed by atoms with Gasteiger partial charge in [-0.05, 0) is 55.5 Å². The Hall–Kier alpha value is -3.18. The summed E-state index contributed by atoms with van der Waals surface area (Å²) in [5.41, 5.74) is -0.312. The van der Waals surface area contributed by atoms with Crippen LogP contribution < -0.4 is 10.1 Å². The van der Waals surface area contributed by atoms with E-state index in [1.165, 1.54) is 12.1 Å². The van der Waals surface area contributed by atoms with Crippen molar-refractivity contribution in [2.24, 2.45) is 0 Å².